The first-order valence-electron chi connectivity index (χ1n) is 7.85. The topological polar surface area (TPSA) is 12.5 Å². The molecule has 0 spiro atoms. The molecule has 0 saturated carbocycles. The Bertz CT molecular complexity index is 686. The number of benzene rings is 2. The maximum absolute atomic E-state index is 13.4. The number of rotatable bonds is 5. The number of fused-ring (bicyclic) bond motifs is 1. The standard InChI is InChI=1S/C19H21BrFNO/c1-22(2)11-3-10-19(15-4-7-17(21)8-5-15)18-9-6-16(20)12-14(18)13-23-19/h4-9,12H,3,10-11,13H2,1-2H3/t19-/m1/s1. The predicted octanol–water partition coefficient (Wildman–Crippen LogP) is 4.70. The van der Waals surface area contributed by atoms with E-state index in [0.717, 1.165) is 29.4 Å². The third kappa shape index (κ3) is 3.35. The monoisotopic (exact) mass is 377 g/mol. The van der Waals surface area contributed by atoms with Gasteiger partial charge in [-0.05, 0) is 74.4 Å². The second kappa shape index (κ2) is 6.71. The van der Waals surface area contributed by atoms with Crippen LogP contribution in [-0.4, -0.2) is 25.5 Å². The van der Waals surface area contributed by atoms with Crippen molar-refractivity contribution in [1.29, 1.82) is 0 Å². The fourth-order valence-electron chi connectivity index (χ4n) is 3.31. The van der Waals surface area contributed by atoms with E-state index in [2.05, 4.69) is 53.1 Å². The SMILES string of the molecule is CN(C)CCC[C@]1(c2ccc(F)cc2)OCc2cc(Br)ccc21. The summed E-state index contributed by atoms with van der Waals surface area (Å²) in [5.74, 6) is -0.216. The van der Waals surface area contributed by atoms with Crippen molar-refractivity contribution in [2.75, 3.05) is 20.6 Å². The zero-order chi connectivity index (χ0) is 16.4. The highest BCUT2D eigenvalue weighted by Crippen LogP contribution is 2.45. The van der Waals surface area contributed by atoms with Gasteiger partial charge in [-0.25, -0.2) is 4.39 Å². The molecule has 1 aliphatic heterocycles. The van der Waals surface area contributed by atoms with Crippen LogP contribution in [0.1, 0.15) is 29.5 Å². The smallest absolute Gasteiger partial charge is 0.123 e. The minimum absolute atomic E-state index is 0.216. The van der Waals surface area contributed by atoms with Gasteiger partial charge in [0.05, 0.1) is 6.61 Å². The second-order valence-corrected chi connectivity index (χ2v) is 7.25. The van der Waals surface area contributed by atoms with E-state index >= 15 is 0 Å². The molecule has 0 bridgehead atoms. The summed E-state index contributed by atoms with van der Waals surface area (Å²) in [6, 6.07) is 13.0. The van der Waals surface area contributed by atoms with Gasteiger partial charge in [0.1, 0.15) is 11.4 Å². The highest BCUT2D eigenvalue weighted by Gasteiger charge is 2.41. The molecule has 2 nitrogen and oxygen atoms in total. The molecule has 1 aliphatic rings. The average molecular weight is 378 g/mol. The molecule has 0 aliphatic carbocycles. The van der Waals surface area contributed by atoms with Crippen LogP contribution in [0.15, 0.2) is 46.9 Å². The highest BCUT2D eigenvalue weighted by atomic mass is 79.9. The van der Waals surface area contributed by atoms with Crippen molar-refractivity contribution < 1.29 is 9.13 Å². The Morgan fingerprint density at radius 1 is 1.17 bits per heavy atom. The molecule has 1 heterocycles. The van der Waals surface area contributed by atoms with Crippen molar-refractivity contribution in [3.63, 3.8) is 0 Å². The molecule has 0 aromatic heterocycles. The van der Waals surface area contributed by atoms with Crippen LogP contribution >= 0.6 is 15.9 Å². The molecule has 1 atom stereocenters. The Kier molecular flexibility index (Phi) is 4.85. The lowest BCUT2D eigenvalue weighted by Crippen LogP contribution is -2.28. The Morgan fingerprint density at radius 3 is 2.61 bits per heavy atom. The molecule has 0 N–H and O–H groups in total. The molecule has 0 saturated heterocycles. The van der Waals surface area contributed by atoms with Crippen LogP contribution in [0.3, 0.4) is 0 Å². The first-order chi connectivity index (χ1) is 11.0. The highest BCUT2D eigenvalue weighted by molar-refractivity contribution is 9.10. The van der Waals surface area contributed by atoms with Crippen LogP contribution in [0.5, 0.6) is 0 Å². The van der Waals surface area contributed by atoms with Crippen molar-refractivity contribution in [3.8, 4) is 0 Å². The summed E-state index contributed by atoms with van der Waals surface area (Å²) in [6.07, 6.45) is 1.89. The summed E-state index contributed by atoms with van der Waals surface area (Å²) in [5.41, 5.74) is 2.96. The molecule has 122 valence electrons. The molecular formula is C19H21BrFNO. The fraction of sp³-hybridized carbons (Fsp3) is 0.368. The van der Waals surface area contributed by atoms with E-state index in [-0.39, 0.29) is 5.82 Å². The second-order valence-electron chi connectivity index (χ2n) is 6.33. The van der Waals surface area contributed by atoms with Crippen LogP contribution in [-0.2, 0) is 16.9 Å². The van der Waals surface area contributed by atoms with Gasteiger partial charge in [0.25, 0.3) is 0 Å². The van der Waals surface area contributed by atoms with Crippen molar-refractivity contribution in [3.05, 3.63) is 69.4 Å². The number of hydrogen-bond acceptors (Lipinski definition) is 2. The summed E-state index contributed by atoms with van der Waals surface area (Å²) in [5, 5.41) is 0. The molecule has 23 heavy (non-hydrogen) atoms. The largest absolute Gasteiger partial charge is 0.361 e. The lowest BCUT2D eigenvalue weighted by molar-refractivity contribution is -0.0140. The Balaban J connectivity index is 2.00. The van der Waals surface area contributed by atoms with Gasteiger partial charge in [-0.3, -0.25) is 0 Å². The summed E-state index contributed by atoms with van der Waals surface area (Å²) < 4.78 is 20.7. The first kappa shape index (κ1) is 16.6. The zero-order valence-corrected chi connectivity index (χ0v) is 15.1. The van der Waals surface area contributed by atoms with E-state index in [1.165, 1.54) is 23.3 Å². The summed E-state index contributed by atoms with van der Waals surface area (Å²) in [6.45, 7) is 1.59. The van der Waals surface area contributed by atoms with Crippen LogP contribution in [0.4, 0.5) is 4.39 Å². The Morgan fingerprint density at radius 2 is 1.91 bits per heavy atom. The third-order valence-corrected chi connectivity index (χ3v) is 4.91. The predicted molar refractivity (Wildman–Crippen MR) is 93.9 cm³/mol. The van der Waals surface area contributed by atoms with Gasteiger partial charge < -0.3 is 9.64 Å². The maximum atomic E-state index is 13.4. The van der Waals surface area contributed by atoms with E-state index in [4.69, 9.17) is 4.74 Å². The van der Waals surface area contributed by atoms with Crippen molar-refractivity contribution in [2.24, 2.45) is 0 Å². The van der Waals surface area contributed by atoms with Crippen LogP contribution in [0.25, 0.3) is 0 Å². The van der Waals surface area contributed by atoms with Crippen LogP contribution in [0, 0.1) is 5.82 Å². The average Bonchev–Trinajstić information content (AvgIpc) is 2.87. The maximum Gasteiger partial charge on any atom is 0.123 e. The van der Waals surface area contributed by atoms with Gasteiger partial charge in [0.15, 0.2) is 0 Å². The molecule has 2 aromatic rings. The van der Waals surface area contributed by atoms with Gasteiger partial charge in [-0.15, -0.1) is 0 Å². The van der Waals surface area contributed by atoms with E-state index in [0.29, 0.717) is 6.61 Å². The summed E-state index contributed by atoms with van der Waals surface area (Å²) in [7, 11) is 4.15. The van der Waals surface area contributed by atoms with Crippen molar-refractivity contribution >= 4 is 15.9 Å². The van der Waals surface area contributed by atoms with Gasteiger partial charge in [0, 0.05) is 4.47 Å². The molecular weight excluding hydrogens is 357 g/mol. The zero-order valence-electron chi connectivity index (χ0n) is 13.5. The van der Waals surface area contributed by atoms with Gasteiger partial charge in [0.2, 0.25) is 0 Å². The lowest BCUT2D eigenvalue weighted by atomic mass is 9.82. The number of ether oxygens (including phenoxy) is 1. The van der Waals surface area contributed by atoms with Crippen molar-refractivity contribution in [1.82, 2.24) is 4.90 Å². The third-order valence-electron chi connectivity index (χ3n) is 4.42. The Hall–Kier alpha value is -1.23. The van der Waals surface area contributed by atoms with Gasteiger partial charge >= 0.3 is 0 Å². The number of hydrogen-bond donors (Lipinski definition) is 0. The van der Waals surface area contributed by atoms with Gasteiger partial charge in [-0.2, -0.15) is 0 Å². The minimum Gasteiger partial charge on any atom is -0.361 e. The van der Waals surface area contributed by atoms with E-state index < -0.39 is 5.60 Å². The molecule has 0 unspecified atom stereocenters. The molecule has 0 fully saturated rings. The molecule has 4 heteroatoms. The van der Waals surface area contributed by atoms with Gasteiger partial charge in [-0.1, -0.05) is 34.1 Å². The summed E-state index contributed by atoms with van der Waals surface area (Å²) in [4.78, 5) is 2.18. The fourth-order valence-corrected chi connectivity index (χ4v) is 3.72. The van der Waals surface area contributed by atoms with Crippen molar-refractivity contribution in [2.45, 2.75) is 25.0 Å². The molecule has 2 aromatic carbocycles. The molecule has 3 rings (SSSR count). The molecule has 0 amide bonds. The molecule has 0 radical (unpaired) electrons. The Labute approximate surface area is 145 Å². The number of nitrogens with zero attached hydrogens (tertiary/aromatic N) is 1. The van der Waals surface area contributed by atoms with Crippen LogP contribution < -0.4 is 0 Å². The van der Waals surface area contributed by atoms with Crippen LogP contribution in [0.2, 0.25) is 0 Å². The van der Waals surface area contributed by atoms with E-state index in [9.17, 15) is 4.39 Å². The van der Waals surface area contributed by atoms with E-state index in [1.807, 2.05) is 12.1 Å². The lowest BCUT2D eigenvalue weighted by Gasteiger charge is -2.31. The number of halogens is 2. The quantitative estimate of drug-likeness (QED) is 0.748. The van der Waals surface area contributed by atoms with E-state index in [1.54, 1.807) is 0 Å². The normalized spacial score (nSPS) is 20.0. The summed E-state index contributed by atoms with van der Waals surface area (Å²) >= 11 is 3.53. The first-order valence-corrected chi connectivity index (χ1v) is 8.64. The minimum atomic E-state index is -0.472.